The fourth-order valence-electron chi connectivity index (χ4n) is 3.16. The molecule has 0 fully saturated rings. The van der Waals surface area contributed by atoms with Gasteiger partial charge in [0.15, 0.2) is 17.2 Å². The van der Waals surface area contributed by atoms with Gasteiger partial charge in [-0.3, -0.25) is 0 Å². The molecule has 0 amide bonds. The second-order valence-corrected chi connectivity index (χ2v) is 8.73. The van der Waals surface area contributed by atoms with Crippen molar-refractivity contribution in [2.24, 2.45) is 4.99 Å². The Balaban J connectivity index is 1.53. The van der Waals surface area contributed by atoms with Gasteiger partial charge >= 0.3 is 5.97 Å². The summed E-state index contributed by atoms with van der Waals surface area (Å²) >= 11 is 6.94. The molecule has 1 heterocycles. The highest BCUT2D eigenvalue weighted by molar-refractivity contribution is 9.10. The maximum atomic E-state index is 12.3. The van der Waals surface area contributed by atoms with Crippen LogP contribution in [0, 0.1) is 0 Å². The number of hydrogen-bond donors (Lipinski definition) is 0. The smallest absolute Gasteiger partial charge is 0.363 e. The molecule has 0 aliphatic carbocycles. The summed E-state index contributed by atoms with van der Waals surface area (Å²) in [6.07, 6.45) is 2.44. The van der Waals surface area contributed by atoms with Crippen LogP contribution in [0.25, 0.3) is 6.08 Å². The van der Waals surface area contributed by atoms with E-state index in [1.54, 1.807) is 19.3 Å². The molecule has 162 valence electrons. The minimum atomic E-state index is -0.499. The fourth-order valence-corrected chi connectivity index (χ4v) is 4.00. The van der Waals surface area contributed by atoms with E-state index in [0.717, 1.165) is 26.5 Å². The summed E-state index contributed by atoms with van der Waals surface area (Å²) in [5, 5.41) is 0. The van der Waals surface area contributed by atoms with E-state index in [9.17, 15) is 4.79 Å². The first-order chi connectivity index (χ1) is 15.5. The Kier molecular flexibility index (Phi) is 7.07. The Morgan fingerprint density at radius 3 is 2.50 bits per heavy atom. The molecule has 0 atom stereocenters. The molecule has 0 radical (unpaired) electrons. The SMILES string of the molecule is COc1cc(/C=C2\N=C(c3ccc(Br)cc3)OC2=O)cc(Br)c1OCCc1ccccc1. The van der Waals surface area contributed by atoms with Crippen LogP contribution in [0.4, 0.5) is 0 Å². The van der Waals surface area contributed by atoms with E-state index in [-0.39, 0.29) is 11.6 Å². The maximum Gasteiger partial charge on any atom is 0.363 e. The Morgan fingerprint density at radius 2 is 1.78 bits per heavy atom. The molecule has 7 heteroatoms. The Labute approximate surface area is 203 Å². The zero-order valence-corrected chi connectivity index (χ0v) is 20.4. The van der Waals surface area contributed by atoms with Gasteiger partial charge in [0, 0.05) is 16.5 Å². The molecule has 1 aliphatic heterocycles. The maximum absolute atomic E-state index is 12.3. The predicted molar refractivity (Wildman–Crippen MR) is 131 cm³/mol. The lowest BCUT2D eigenvalue weighted by molar-refractivity contribution is -0.129. The lowest BCUT2D eigenvalue weighted by Crippen LogP contribution is -2.05. The quantitative estimate of drug-likeness (QED) is 0.257. The number of halogens is 2. The normalized spacial score (nSPS) is 14.3. The molecule has 0 saturated heterocycles. The van der Waals surface area contributed by atoms with E-state index < -0.39 is 5.97 Å². The van der Waals surface area contributed by atoms with E-state index in [0.29, 0.717) is 18.1 Å². The average Bonchev–Trinajstić information content (AvgIpc) is 3.16. The first kappa shape index (κ1) is 22.3. The first-order valence-corrected chi connectivity index (χ1v) is 11.4. The number of cyclic esters (lactones) is 1. The molecule has 3 aromatic carbocycles. The number of methoxy groups -OCH3 is 1. The summed E-state index contributed by atoms with van der Waals surface area (Å²) in [6, 6.07) is 21.2. The lowest BCUT2D eigenvalue weighted by Gasteiger charge is -2.13. The number of ether oxygens (including phenoxy) is 3. The molecule has 3 aromatic rings. The van der Waals surface area contributed by atoms with E-state index in [4.69, 9.17) is 14.2 Å². The van der Waals surface area contributed by atoms with Gasteiger partial charge in [0.1, 0.15) is 0 Å². The third-order valence-electron chi connectivity index (χ3n) is 4.75. The van der Waals surface area contributed by atoms with Crippen molar-refractivity contribution in [3.8, 4) is 11.5 Å². The van der Waals surface area contributed by atoms with Crippen molar-refractivity contribution in [2.75, 3.05) is 13.7 Å². The zero-order valence-electron chi connectivity index (χ0n) is 17.2. The van der Waals surface area contributed by atoms with E-state index in [1.807, 2.05) is 48.5 Å². The van der Waals surface area contributed by atoms with Gasteiger partial charge in [-0.1, -0.05) is 46.3 Å². The average molecular weight is 557 g/mol. The number of aliphatic imine (C=N–C) groups is 1. The third kappa shape index (κ3) is 5.29. The van der Waals surface area contributed by atoms with Crippen molar-refractivity contribution in [2.45, 2.75) is 6.42 Å². The number of hydrogen-bond acceptors (Lipinski definition) is 5. The summed E-state index contributed by atoms with van der Waals surface area (Å²) < 4.78 is 18.5. The highest BCUT2D eigenvalue weighted by Crippen LogP contribution is 2.37. The van der Waals surface area contributed by atoms with Gasteiger partial charge in [0.25, 0.3) is 0 Å². The fraction of sp³-hybridized carbons (Fsp3) is 0.120. The van der Waals surface area contributed by atoms with Crippen LogP contribution in [0.1, 0.15) is 16.7 Å². The highest BCUT2D eigenvalue weighted by Gasteiger charge is 2.24. The summed E-state index contributed by atoms with van der Waals surface area (Å²) in [5.74, 6) is 0.947. The van der Waals surface area contributed by atoms with Crippen molar-refractivity contribution >= 4 is 49.8 Å². The molecule has 4 rings (SSSR count). The molecule has 0 unspecified atom stereocenters. The lowest BCUT2D eigenvalue weighted by atomic mass is 10.1. The topological polar surface area (TPSA) is 57.1 Å². The number of esters is 1. The van der Waals surface area contributed by atoms with Gasteiger partial charge in [-0.05, 0) is 69.5 Å². The second-order valence-electron chi connectivity index (χ2n) is 6.96. The molecule has 32 heavy (non-hydrogen) atoms. The van der Waals surface area contributed by atoms with Crippen LogP contribution >= 0.6 is 31.9 Å². The first-order valence-electron chi connectivity index (χ1n) is 9.86. The Morgan fingerprint density at radius 1 is 1.03 bits per heavy atom. The molecule has 0 bridgehead atoms. The van der Waals surface area contributed by atoms with Crippen LogP contribution in [-0.2, 0) is 16.0 Å². The van der Waals surface area contributed by atoms with Crippen molar-refractivity contribution < 1.29 is 19.0 Å². The summed E-state index contributed by atoms with van der Waals surface area (Å²) in [5.41, 5.74) is 2.88. The number of carbonyl (C=O) groups is 1. The van der Waals surface area contributed by atoms with Crippen LogP contribution in [-0.4, -0.2) is 25.6 Å². The van der Waals surface area contributed by atoms with Crippen LogP contribution in [0.5, 0.6) is 11.5 Å². The van der Waals surface area contributed by atoms with Crippen molar-refractivity contribution in [1.29, 1.82) is 0 Å². The predicted octanol–water partition coefficient (Wildman–Crippen LogP) is 6.19. The largest absolute Gasteiger partial charge is 0.493 e. The van der Waals surface area contributed by atoms with E-state index in [1.165, 1.54) is 5.56 Å². The van der Waals surface area contributed by atoms with Crippen LogP contribution in [0.2, 0.25) is 0 Å². The molecule has 1 aliphatic rings. The number of rotatable bonds is 7. The van der Waals surface area contributed by atoms with Gasteiger partial charge in [-0.15, -0.1) is 0 Å². The van der Waals surface area contributed by atoms with Crippen LogP contribution < -0.4 is 9.47 Å². The van der Waals surface area contributed by atoms with Crippen molar-refractivity contribution in [3.63, 3.8) is 0 Å². The standard InChI is InChI=1S/C25H19Br2NO4/c1-30-22-15-17(13-20(27)23(22)31-12-11-16-5-3-2-4-6-16)14-21-25(29)32-24(28-21)18-7-9-19(26)10-8-18/h2-10,13-15H,11-12H2,1H3/b21-14-. The van der Waals surface area contributed by atoms with E-state index >= 15 is 0 Å². The monoisotopic (exact) mass is 555 g/mol. The van der Waals surface area contributed by atoms with Gasteiger partial charge in [0.2, 0.25) is 5.90 Å². The Bertz CT molecular complexity index is 1190. The third-order valence-corrected chi connectivity index (χ3v) is 5.86. The summed E-state index contributed by atoms with van der Waals surface area (Å²) in [4.78, 5) is 16.7. The van der Waals surface area contributed by atoms with Crippen molar-refractivity contribution in [1.82, 2.24) is 0 Å². The molecular weight excluding hydrogens is 538 g/mol. The molecule has 0 saturated carbocycles. The Hall–Kier alpha value is -2.90. The molecule has 0 N–H and O–H groups in total. The second kappa shape index (κ2) is 10.1. The number of nitrogens with zero attached hydrogens (tertiary/aromatic N) is 1. The summed E-state index contributed by atoms with van der Waals surface area (Å²) in [7, 11) is 1.58. The molecule has 0 aromatic heterocycles. The van der Waals surface area contributed by atoms with Gasteiger partial charge in [-0.2, -0.15) is 0 Å². The van der Waals surface area contributed by atoms with Crippen LogP contribution in [0.15, 0.2) is 86.4 Å². The van der Waals surface area contributed by atoms with Crippen molar-refractivity contribution in [3.05, 3.63) is 98.1 Å². The van der Waals surface area contributed by atoms with Crippen LogP contribution in [0.3, 0.4) is 0 Å². The van der Waals surface area contributed by atoms with Gasteiger partial charge < -0.3 is 14.2 Å². The van der Waals surface area contributed by atoms with Gasteiger partial charge in [0.05, 0.1) is 18.2 Å². The molecule has 5 nitrogen and oxygen atoms in total. The minimum absolute atomic E-state index is 0.217. The van der Waals surface area contributed by atoms with E-state index in [2.05, 4.69) is 49.0 Å². The highest BCUT2D eigenvalue weighted by atomic mass is 79.9. The molecular formula is C25H19Br2NO4. The zero-order chi connectivity index (χ0) is 22.5. The number of benzene rings is 3. The minimum Gasteiger partial charge on any atom is -0.493 e. The van der Waals surface area contributed by atoms with Gasteiger partial charge in [-0.25, -0.2) is 9.79 Å². The molecule has 0 spiro atoms. The number of carbonyl (C=O) groups excluding carboxylic acids is 1. The summed E-state index contributed by atoms with van der Waals surface area (Å²) in [6.45, 7) is 0.507.